The number of primary amides is 1. The maximum Gasteiger partial charge on any atom is 0.265 e. The Kier molecular flexibility index (Phi) is 3.93. The first-order valence-electron chi connectivity index (χ1n) is 6.09. The minimum atomic E-state index is -3.60. The third-order valence-corrected chi connectivity index (χ3v) is 4.62. The van der Waals surface area contributed by atoms with Gasteiger partial charge in [0.05, 0.1) is 0 Å². The van der Waals surface area contributed by atoms with Gasteiger partial charge in [-0.2, -0.15) is 0 Å². The lowest BCUT2D eigenvalue weighted by atomic mass is 10.2. The lowest BCUT2D eigenvalue weighted by molar-refractivity contribution is 0.0992. The second-order valence-corrected chi connectivity index (χ2v) is 6.45. The van der Waals surface area contributed by atoms with Crippen LogP contribution in [0.15, 0.2) is 17.2 Å². The molecule has 1 fully saturated rings. The number of nitrogens with one attached hydrogen (secondary N) is 2. The van der Waals surface area contributed by atoms with E-state index in [1.807, 2.05) is 0 Å². The van der Waals surface area contributed by atoms with Crippen molar-refractivity contribution in [3.05, 3.63) is 18.0 Å². The second kappa shape index (κ2) is 5.32. The van der Waals surface area contributed by atoms with E-state index in [4.69, 9.17) is 5.73 Å². The van der Waals surface area contributed by atoms with Crippen LogP contribution in [0.5, 0.6) is 0 Å². The number of hydrogen-bond donors (Lipinski definition) is 3. The Hall–Kier alpha value is -1.38. The van der Waals surface area contributed by atoms with Crippen LogP contribution >= 0.6 is 0 Å². The Labute approximate surface area is 112 Å². The molecule has 1 aromatic rings. The maximum atomic E-state index is 12.1. The van der Waals surface area contributed by atoms with Gasteiger partial charge < -0.3 is 15.6 Å². The molecule has 1 unspecified atom stereocenters. The fourth-order valence-electron chi connectivity index (χ4n) is 2.15. The van der Waals surface area contributed by atoms with Crippen molar-refractivity contribution >= 4 is 15.9 Å². The maximum absolute atomic E-state index is 12.1. The van der Waals surface area contributed by atoms with E-state index in [2.05, 4.69) is 10.0 Å². The molecule has 1 aromatic heterocycles. The molecule has 1 atom stereocenters. The van der Waals surface area contributed by atoms with Crippen LogP contribution in [0.1, 0.15) is 23.3 Å². The molecule has 0 radical (unpaired) electrons. The summed E-state index contributed by atoms with van der Waals surface area (Å²) >= 11 is 0. The summed E-state index contributed by atoms with van der Waals surface area (Å²) in [6.45, 7) is 1.27. The number of carbonyl (C=O) groups is 1. The molecule has 19 heavy (non-hydrogen) atoms. The first-order valence-corrected chi connectivity index (χ1v) is 7.57. The van der Waals surface area contributed by atoms with Gasteiger partial charge in [0.25, 0.3) is 5.91 Å². The average molecular weight is 286 g/mol. The molecular formula is C11H18N4O3S. The van der Waals surface area contributed by atoms with Gasteiger partial charge in [0, 0.05) is 25.8 Å². The van der Waals surface area contributed by atoms with Crippen LogP contribution in [0.25, 0.3) is 0 Å². The number of rotatable bonds is 5. The molecule has 2 heterocycles. The molecule has 2 rings (SSSR count). The highest BCUT2D eigenvalue weighted by atomic mass is 32.2. The van der Waals surface area contributed by atoms with Gasteiger partial charge in [-0.1, -0.05) is 0 Å². The van der Waals surface area contributed by atoms with Gasteiger partial charge in [0.1, 0.15) is 10.6 Å². The number of carbonyl (C=O) groups excluding carboxylic acids is 1. The molecule has 0 spiro atoms. The highest BCUT2D eigenvalue weighted by molar-refractivity contribution is 7.89. The molecule has 0 aromatic carbocycles. The first kappa shape index (κ1) is 14.0. The highest BCUT2D eigenvalue weighted by Gasteiger charge is 2.22. The van der Waals surface area contributed by atoms with Gasteiger partial charge in [-0.05, 0) is 25.5 Å². The van der Waals surface area contributed by atoms with E-state index in [9.17, 15) is 13.2 Å². The van der Waals surface area contributed by atoms with Crippen LogP contribution in [-0.4, -0.2) is 38.0 Å². The molecule has 1 amide bonds. The lowest BCUT2D eigenvalue weighted by Gasteiger charge is -2.10. The molecule has 106 valence electrons. The summed E-state index contributed by atoms with van der Waals surface area (Å²) in [7, 11) is -2.02. The SMILES string of the molecule is Cn1cc(S(=O)(=O)NCC2CCCN2)cc1C(N)=O. The summed E-state index contributed by atoms with van der Waals surface area (Å²) in [5, 5.41) is 3.21. The molecule has 4 N–H and O–H groups in total. The molecule has 7 nitrogen and oxygen atoms in total. The monoisotopic (exact) mass is 286 g/mol. The molecule has 8 heteroatoms. The summed E-state index contributed by atoms with van der Waals surface area (Å²) in [4.78, 5) is 11.2. The van der Waals surface area contributed by atoms with Crippen LogP contribution in [0.3, 0.4) is 0 Å². The van der Waals surface area contributed by atoms with Gasteiger partial charge in [0.2, 0.25) is 10.0 Å². The van der Waals surface area contributed by atoms with Gasteiger partial charge in [-0.15, -0.1) is 0 Å². The van der Waals surface area contributed by atoms with E-state index in [-0.39, 0.29) is 16.6 Å². The minimum absolute atomic E-state index is 0.0572. The quantitative estimate of drug-likeness (QED) is 0.655. The van der Waals surface area contributed by atoms with Crippen molar-refractivity contribution < 1.29 is 13.2 Å². The lowest BCUT2D eigenvalue weighted by Crippen LogP contribution is -2.37. The van der Waals surface area contributed by atoms with Crippen molar-refractivity contribution in [2.75, 3.05) is 13.1 Å². The molecule has 0 aliphatic carbocycles. The van der Waals surface area contributed by atoms with Crippen molar-refractivity contribution in [2.45, 2.75) is 23.8 Å². The van der Waals surface area contributed by atoms with Crippen LogP contribution in [0.2, 0.25) is 0 Å². The normalized spacial score (nSPS) is 19.7. The Balaban J connectivity index is 2.10. The highest BCUT2D eigenvalue weighted by Crippen LogP contribution is 2.13. The van der Waals surface area contributed by atoms with Crippen molar-refractivity contribution in [1.29, 1.82) is 0 Å². The Morgan fingerprint density at radius 1 is 1.63 bits per heavy atom. The summed E-state index contributed by atoms with van der Waals surface area (Å²) < 4.78 is 28.1. The van der Waals surface area contributed by atoms with Crippen LogP contribution in [0, 0.1) is 0 Å². The minimum Gasteiger partial charge on any atom is -0.364 e. The summed E-state index contributed by atoms with van der Waals surface area (Å²) in [6, 6.07) is 1.46. The van der Waals surface area contributed by atoms with E-state index >= 15 is 0 Å². The van der Waals surface area contributed by atoms with E-state index in [0.717, 1.165) is 19.4 Å². The van der Waals surface area contributed by atoms with Crippen molar-refractivity contribution in [2.24, 2.45) is 12.8 Å². The van der Waals surface area contributed by atoms with Gasteiger partial charge in [0.15, 0.2) is 0 Å². The summed E-state index contributed by atoms with van der Waals surface area (Å²) in [5.74, 6) is -0.651. The first-order chi connectivity index (χ1) is 8.90. The molecule has 0 bridgehead atoms. The third kappa shape index (κ3) is 3.14. The largest absolute Gasteiger partial charge is 0.364 e. The van der Waals surface area contributed by atoms with Crippen LogP contribution < -0.4 is 15.8 Å². The molecule has 1 aliphatic heterocycles. The van der Waals surface area contributed by atoms with Gasteiger partial charge in [-0.25, -0.2) is 13.1 Å². The van der Waals surface area contributed by atoms with Crippen LogP contribution in [-0.2, 0) is 17.1 Å². The number of hydrogen-bond acceptors (Lipinski definition) is 4. The standard InChI is InChI=1S/C11H18N4O3S/c1-15-7-9(5-10(15)11(12)16)19(17,18)14-6-8-3-2-4-13-8/h5,7-8,13-14H,2-4,6H2,1H3,(H2,12,16). The van der Waals surface area contributed by atoms with E-state index in [0.29, 0.717) is 6.54 Å². The van der Waals surface area contributed by atoms with Crippen LogP contribution in [0.4, 0.5) is 0 Å². The van der Waals surface area contributed by atoms with Crippen molar-refractivity contribution in [3.63, 3.8) is 0 Å². The molecule has 0 saturated carbocycles. The molecule has 1 saturated heterocycles. The topological polar surface area (TPSA) is 106 Å². The summed E-state index contributed by atoms with van der Waals surface area (Å²) in [6.07, 6.45) is 3.40. The third-order valence-electron chi connectivity index (χ3n) is 3.22. The molecule has 1 aliphatic rings. The average Bonchev–Trinajstić information content (AvgIpc) is 2.95. The summed E-state index contributed by atoms with van der Waals surface area (Å²) in [5.41, 5.74) is 5.33. The smallest absolute Gasteiger partial charge is 0.265 e. The Bertz CT molecular complexity index is 573. The number of aromatic nitrogens is 1. The van der Waals surface area contributed by atoms with E-state index in [1.165, 1.54) is 16.8 Å². The zero-order valence-corrected chi connectivity index (χ0v) is 11.5. The second-order valence-electron chi connectivity index (χ2n) is 4.68. The zero-order valence-electron chi connectivity index (χ0n) is 10.7. The molecular weight excluding hydrogens is 268 g/mol. The predicted molar refractivity (Wildman–Crippen MR) is 70.1 cm³/mol. The fraction of sp³-hybridized carbons (Fsp3) is 0.545. The number of aryl methyl sites for hydroxylation is 1. The van der Waals surface area contributed by atoms with Gasteiger partial charge >= 0.3 is 0 Å². The Morgan fingerprint density at radius 2 is 2.37 bits per heavy atom. The van der Waals surface area contributed by atoms with E-state index < -0.39 is 15.9 Å². The van der Waals surface area contributed by atoms with Gasteiger partial charge in [-0.3, -0.25) is 4.79 Å². The van der Waals surface area contributed by atoms with Crippen molar-refractivity contribution in [3.8, 4) is 0 Å². The number of nitrogens with zero attached hydrogens (tertiary/aromatic N) is 1. The zero-order chi connectivity index (χ0) is 14.0. The van der Waals surface area contributed by atoms with E-state index in [1.54, 1.807) is 7.05 Å². The number of sulfonamides is 1. The number of amides is 1. The number of nitrogens with two attached hydrogens (primary N) is 1. The Morgan fingerprint density at radius 3 is 2.89 bits per heavy atom. The van der Waals surface area contributed by atoms with Crippen molar-refractivity contribution in [1.82, 2.24) is 14.6 Å². The predicted octanol–water partition coefficient (Wildman–Crippen LogP) is -0.846. The fourth-order valence-corrected chi connectivity index (χ4v) is 3.30.